The molecule has 3 rings (SSSR count). The van der Waals surface area contributed by atoms with Crippen molar-refractivity contribution in [2.45, 2.75) is 51.2 Å². The zero-order valence-electron chi connectivity index (χ0n) is 13.5. The van der Waals surface area contributed by atoms with Crippen LogP contribution in [0.3, 0.4) is 0 Å². The summed E-state index contributed by atoms with van der Waals surface area (Å²) in [5.74, 6) is 0.568. The topological polar surface area (TPSA) is 50.9 Å². The van der Waals surface area contributed by atoms with E-state index in [1.54, 1.807) is 11.0 Å². The van der Waals surface area contributed by atoms with Crippen LogP contribution in [0.1, 0.15) is 38.2 Å². The van der Waals surface area contributed by atoms with E-state index in [0.29, 0.717) is 12.5 Å². The fourth-order valence-electron chi connectivity index (χ4n) is 3.99. The first kappa shape index (κ1) is 16.5. The highest BCUT2D eigenvalue weighted by molar-refractivity contribution is 6.30. The van der Waals surface area contributed by atoms with E-state index < -0.39 is 5.60 Å². The lowest BCUT2D eigenvalue weighted by molar-refractivity contribution is -0.0560. The standard InChI is InChI=1S/C18H24ClN3O/c1-2-3-15-6-7-16(10-14-4-8-17(19)9-5-14)18(15,23)11-22-13-20-12-21-22/h4-5,8-9,12-13,15-16,23H,2-3,6-7,10-11H2,1H3/t15-,16+,18-/m1/s1. The molecule has 4 nitrogen and oxygen atoms in total. The van der Waals surface area contributed by atoms with Crippen molar-refractivity contribution in [2.75, 3.05) is 0 Å². The number of benzene rings is 1. The summed E-state index contributed by atoms with van der Waals surface area (Å²) in [5, 5.41) is 16.5. The van der Waals surface area contributed by atoms with Gasteiger partial charge in [0.25, 0.3) is 0 Å². The second-order valence-corrected chi connectivity index (χ2v) is 7.11. The first-order valence-electron chi connectivity index (χ1n) is 8.41. The molecule has 1 aliphatic carbocycles. The summed E-state index contributed by atoms with van der Waals surface area (Å²) in [6.07, 6.45) is 8.39. The number of nitrogens with zero attached hydrogens (tertiary/aromatic N) is 3. The van der Waals surface area contributed by atoms with E-state index in [1.807, 2.05) is 12.1 Å². The molecule has 1 fully saturated rings. The minimum Gasteiger partial charge on any atom is -0.387 e. The van der Waals surface area contributed by atoms with Crippen LogP contribution in [0, 0.1) is 11.8 Å². The van der Waals surface area contributed by atoms with Crippen LogP contribution in [-0.2, 0) is 13.0 Å². The van der Waals surface area contributed by atoms with Gasteiger partial charge in [0.05, 0.1) is 12.1 Å². The van der Waals surface area contributed by atoms with Crippen LogP contribution >= 0.6 is 11.6 Å². The largest absolute Gasteiger partial charge is 0.387 e. The van der Waals surface area contributed by atoms with E-state index in [9.17, 15) is 5.11 Å². The quantitative estimate of drug-likeness (QED) is 0.876. The molecule has 0 bridgehead atoms. The van der Waals surface area contributed by atoms with E-state index in [1.165, 1.54) is 11.9 Å². The van der Waals surface area contributed by atoms with Gasteiger partial charge in [-0.25, -0.2) is 4.98 Å². The molecule has 1 aromatic heterocycles. The second kappa shape index (κ2) is 7.02. The molecule has 1 N–H and O–H groups in total. The van der Waals surface area contributed by atoms with E-state index in [2.05, 4.69) is 29.1 Å². The van der Waals surface area contributed by atoms with Crippen molar-refractivity contribution in [1.82, 2.24) is 14.8 Å². The molecule has 1 aliphatic rings. The van der Waals surface area contributed by atoms with Crippen molar-refractivity contribution >= 4 is 11.6 Å². The van der Waals surface area contributed by atoms with Gasteiger partial charge < -0.3 is 5.11 Å². The Kier molecular flexibility index (Phi) is 5.02. The second-order valence-electron chi connectivity index (χ2n) is 6.67. The van der Waals surface area contributed by atoms with Crippen LogP contribution < -0.4 is 0 Å². The molecule has 0 unspecified atom stereocenters. The fourth-order valence-corrected chi connectivity index (χ4v) is 4.12. The Morgan fingerprint density at radius 3 is 2.65 bits per heavy atom. The molecule has 2 aromatic rings. The minimum atomic E-state index is -0.719. The normalized spacial score (nSPS) is 27.4. The monoisotopic (exact) mass is 333 g/mol. The molecule has 0 spiro atoms. The highest BCUT2D eigenvalue weighted by Crippen LogP contribution is 2.45. The number of aliphatic hydroxyl groups is 1. The Bertz CT molecular complexity index is 614. The zero-order chi connectivity index (χ0) is 16.3. The summed E-state index contributed by atoms with van der Waals surface area (Å²) in [6, 6.07) is 7.97. The SMILES string of the molecule is CCC[C@@H]1CC[C@@H](Cc2ccc(Cl)cc2)[C@@]1(O)Cn1cncn1. The molecule has 5 heteroatoms. The molecular formula is C18H24ClN3O. The first-order valence-corrected chi connectivity index (χ1v) is 8.79. The molecule has 1 saturated carbocycles. The van der Waals surface area contributed by atoms with Crippen LogP contribution in [0.5, 0.6) is 0 Å². The van der Waals surface area contributed by atoms with Crippen molar-refractivity contribution < 1.29 is 5.11 Å². The van der Waals surface area contributed by atoms with Crippen LogP contribution in [-0.4, -0.2) is 25.5 Å². The molecular weight excluding hydrogens is 310 g/mol. The number of aromatic nitrogens is 3. The van der Waals surface area contributed by atoms with E-state index in [0.717, 1.165) is 37.1 Å². The average Bonchev–Trinajstić information content (AvgIpc) is 3.13. The van der Waals surface area contributed by atoms with Gasteiger partial charge >= 0.3 is 0 Å². The van der Waals surface area contributed by atoms with E-state index >= 15 is 0 Å². The molecule has 0 aliphatic heterocycles. The van der Waals surface area contributed by atoms with Crippen molar-refractivity contribution in [3.63, 3.8) is 0 Å². The third-order valence-electron chi connectivity index (χ3n) is 5.19. The van der Waals surface area contributed by atoms with Gasteiger partial charge in [-0.1, -0.05) is 37.1 Å². The minimum absolute atomic E-state index is 0.240. The van der Waals surface area contributed by atoms with Gasteiger partial charge in [-0.05, 0) is 55.2 Å². The highest BCUT2D eigenvalue weighted by Gasteiger charge is 2.48. The van der Waals surface area contributed by atoms with Crippen molar-refractivity contribution in [1.29, 1.82) is 0 Å². The maximum absolute atomic E-state index is 11.5. The van der Waals surface area contributed by atoms with Gasteiger partial charge in [0.1, 0.15) is 12.7 Å². The molecule has 23 heavy (non-hydrogen) atoms. The molecule has 0 amide bonds. The molecule has 3 atom stereocenters. The van der Waals surface area contributed by atoms with Gasteiger partial charge in [0, 0.05) is 5.02 Å². The first-order chi connectivity index (χ1) is 11.1. The Labute approximate surface area is 142 Å². The maximum atomic E-state index is 11.5. The van der Waals surface area contributed by atoms with Crippen LogP contribution in [0.25, 0.3) is 0 Å². The number of rotatable bonds is 6. The Morgan fingerprint density at radius 2 is 2.00 bits per heavy atom. The lowest BCUT2D eigenvalue weighted by Gasteiger charge is -2.35. The number of hydrogen-bond acceptors (Lipinski definition) is 3. The van der Waals surface area contributed by atoms with Crippen LogP contribution in [0.15, 0.2) is 36.9 Å². The van der Waals surface area contributed by atoms with Gasteiger partial charge in [0.2, 0.25) is 0 Å². The molecule has 124 valence electrons. The smallest absolute Gasteiger partial charge is 0.137 e. The van der Waals surface area contributed by atoms with Gasteiger partial charge in [0.15, 0.2) is 0 Å². The summed E-state index contributed by atoms with van der Waals surface area (Å²) < 4.78 is 1.77. The van der Waals surface area contributed by atoms with Crippen molar-refractivity contribution in [2.24, 2.45) is 11.8 Å². The predicted molar refractivity (Wildman–Crippen MR) is 91.2 cm³/mol. The molecule has 0 saturated heterocycles. The van der Waals surface area contributed by atoms with Crippen molar-refractivity contribution in [3.8, 4) is 0 Å². The van der Waals surface area contributed by atoms with Gasteiger partial charge in [-0.3, -0.25) is 4.68 Å². The van der Waals surface area contributed by atoms with Gasteiger partial charge in [-0.2, -0.15) is 5.10 Å². The molecule has 0 radical (unpaired) electrons. The van der Waals surface area contributed by atoms with Crippen molar-refractivity contribution in [3.05, 3.63) is 47.5 Å². The Hall–Kier alpha value is -1.39. The summed E-state index contributed by atoms with van der Waals surface area (Å²) >= 11 is 5.98. The maximum Gasteiger partial charge on any atom is 0.137 e. The summed E-state index contributed by atoms with van der Waals surface area (Å²) in [6.45, 7) is 2.71. The van der Waals surface area contributed by atoms with Gasteiger partial charge in [-0.15, -0.1) is 0 Å². The summed E-state index contributed by atoms with van der Waals surface area (Å²) in [5.41, 5.74) is 0.511. The zero-order valence-corrected chi connectivity index (χ0v) is 14.3. The lowest BCUT2D eigenvalue weighted by atomic mass is 9.79. The van der Waals surface area contributed by atoms with Crippen LogP contribution in [0.2, 0.25) is 5.02 Å². The predicted octanol–water partition coefficient (Wildman–Crippen LogP) is 3.73. The number of halogens is 1. The van der Waals surface area contributed by atoms with E-state index in [4.69, 9.17) is 11.6 Å². The summed E-state index contributed by atoms with van der Waals surface area (Å²) in [7, 11) is 0. The lowest BCUT2D eigenvalue weighted by Crippen LogP contribution is -2.44. The summed E-state index contributed by atoms with van der Waals surface area (Å²) in [4.78, 5) is 4.01. The fraction of sp³-hybridized carbons (Fsp3) is 0.556. The highest BCUT2D eigenvalue weighted by atomic mass is 35.5. The third kappa shape index (κ3) is 3.59. The number of hydrogen-bond donors (Lipinski definition) is 1. The van der Waals surface area contributed by atoms with E-state index in [-0.39, 0.29) is 5.92 Å². The third-order valence-corrected chi connectivity index (χ3v) is 5.44. The average molecular weight is 334 g/mol. The van der Waals surface area contributed by atoms with Crippen LogP contribution in [0.4, 0.5) is 0 Å². The Morgan fingerprint density at radius 1 is 1.26 bits per heavy atom. The Balaban J connectivity index is 1.80. The molecule has 1 heterocycles. The molecule has 1 aromatic carbocycles.